The molecule has 0 saturated heterocycles. The van der Waals surface area contributed by atoms with Gasteiger partial charge in [-0.3, -0.25) is 18.6 Å². The summed E-state index contributed by atoms with van der Waals surface area (Å²) in [5, 5.41) is 11.0. The molecule has 0 atom stereocenters. The summed E-state index contributed by atoms with van der Waals surface area (Å²) in [5.74, 6) is 0.928. The molecule has 0 saturated carbocycles. The highest BCUT2D eigenvalue weighted by atomic mass is 16.5. The van der Waals surface area contributed by atoms with Crippen molar-refractivity contribution in [3.05, 3.63) is 64.2 Å². The van der Waals surface area contributed by atoms with Gasteiger partial charge in [-0.1, -0.05) is 25.1 Å². The van der Waals surface area contributed by atoms with Gasteiger partial charge in [-0.2, -0.15) is 0 Å². The van der Waals surface area contributed by atoms with Crippen LogP contribution in [0.4, 0.5) is 5.69 Å². The number of nitrogens with one attached hydrogen (secondary N) is 1. The van der Waals surface area contributed by atoms with Crippen LogP contribution >= 0.6 is 0 Å². The van der Waals surface area contributed by atoms with Crippen molar-refractivity contribution in [1.29, 1.82) is 0 Å². The highest BCUT2D eigenvalue weighted by Gasteiger charge is 2.18. The zero-order valence-corrected chi connectivity index (χ0v) is 16.5. The average molecular weight is 391 g/mol. The van der Waals surface area contributed by atoms with Crippen LogP contribution in [0.5, 0.6) is 5.75 Å². The summed E-state index contributed by atoms with van der Waals surface area (Å²) in [5.41, 5.74) is 2.83. The number of nitrogens with zero attached hydrogens (tertiary/aromatic N) is 4. The van der Waals surface area contributed by atoms with Crippen LogP contribution in [0.15, 0.2) is 47.3 Å². The van der Waals surface area contributed by atoms with Crippen molar-refractivity contribution >= 4 is 28.3 Å². The van der Waals surface area contributed by atoms with E-state index in [1.165, 1.54) is 4.57 Å². The van der Waals surface area contributed by atoms with Crippen LogP contribution in [-0.4, -0.2) is 32.2 Å². The zero-order valence-electron chi connectivity index (χ0n) is 16.5. The molecule has 148 valence electrons. The fourth-order valence-corrected chi connectivity index (χ4v) is 3.46. The van der Waals surface area contributed by atoms with E-state index in [9.17, 15) is 9.59 Å². The highest BCUT2D eigenvalue weighted by molar-refractivity contribution is 5.93. The molecule has 0 aliphatic carbocycles. The van der Waals surface area contributed by atoms with Crippen molar-refractivity contribution in [3.63, 3.8) is 0 Å². The predicted molar refractivity (Wildman–Crippen MR) is 110 cm³/mol. The number of para-hydroxylation sites is 2. The number of amides is 1. The Hall–Kier alpha value is -3.68. The smallest absolute Gasteiger partial charge is 0.297 e. The van der Waals surface area contributed by atoms with Crippen LogP contribution in [0, 0.1) is 6.92 Å². The van der Waals surface area contributed by atoms with Crippen LogP contribution in [0.25, 0.3) is 16.7 Å². The van der Waals surface area contributed by atoms with Crippen molar-refractivity contribution in [1.82, 2.24) is 19.2 Å². The van der Waals surface area contributed by atoms with E-state index < -0.39 is 0 Å². The largest absolute Gasteiger partial charge is 0.495 e. The minimum Gasteiger partial charge on any atom is -0.495 e. The third kappa shape index (κ3) is 3.22. The van der Waals surface area contributed by atoms with Gasteiger partial charge in [-0.15, -0.1) is 10.2 Å². The second kappa shape index (κ2) is 7.38. The van der Waals surface area contributed by atoms with Gasteiger partial charge in [0.1, 0.15) is 18.1 Å². The number of hydrogen-bond donors (Lipinski definition) is 1. The standard InChI is InChI=1S/C21H21N5O3/c1-4-18-23-24-20-21(28)25(15-7-5-6-8-16(15)26(18)20)12-19(27)22-14-11-13(2)9-10-17(14)29-3/h5-11H,4,12H2,1-3H3,(H,22,27). The fourth-order valence-electron chi connectivity index (χ4n) is 3.46. The first-order chi connectivity index (χ1) is 14.0. The van der Waals surface area contributed by atoms with E-state index in [2.05, 4.69) is 15.5 Å². The summed E-state index contributed by atoms with van der Waals surface area (Å²) in [4.78, 5) is 25.9. The number of methoxy groups -OCH3 is 1. The van der Waals surface area contributed by atoms with E-state index in [0.717, 1.165) is 11.1 Å². The Bertz CT molecular complexity index is 1290. The number of benzene rings is 2. The van der Waals surface area contributed by atoms with Crippen molar-refractivity contribution < 1.29 is 9.53 Å². The lowest BCUT2D eigenvalue weighted by Crippen LogP contribution is -2.29. The highest BCUT2D eigenvalue weighted by Crippen LogP contribution is 2.25. The summed E-state index contributed by atoms with van der Waals surface area (Å²) in [6.07, 6.45) is 0.641. The summed E-state index contributed by atoms with van der Waals surface area (Å²) in [7, 11) is 1.54. The van der Waals surface area contributed by atoms with Crippen LogP contribution < -0.4 is 15.6 Å². The van der Waals surface area contributed by atoms with Gasteiger partial charge in [0.25, 0.3) is 5.56 Å². The molecule has 0 bridgehead atoms. The number of carbonyl (C=O) groups is 1. The second-order valence-electron chi connectivity index (χ2n) is 6.76. The van der Waals surface area contributed by atoms with Gasteiger partial charge in [-0.25, -0.2) is 0 Å². The van der Waals surface area contributed by atoms with Crippen molar-refractivity contribution in [2.24, 2.45) is 0 Å². The third-order valence-electron chi connectivity index (χ3n) is 4.83. The van der Waals surface area contributed by atoms with Crippen LogP contribution in [0.2, 0.25) is 0 Å². The van der Waals surface area contributed by atoms with Crippen molar-refractivity contribution in [2.75, 3.05) is 12.4 Å². The molecule has 8 heteroatoms. The first kappa shape index (κ1) is 18.7. The second-order valence-corrected chi connectivity index (χ2v) is 6.76. The summed E-state index contributed by atoms with van der Waals surface area (Å²) < 4.78 is 8.50. The Morgan fingerprint density at radius 1 is 1.14 bits per heavy atom. The van der Waals surface area contributed by atoms with Gasteiger partial charge < -0.3 is 10.1 Å². The third-order valence-corrected chi connectivity index (χ3v) is 4.83. The van der Waals surface area contributed by atoms with E-state index >= 15 is 0 Å². The lowest BCUT2D eigenvalue weighted by Gasteiger charge is -2.14. The number of rotatable bonds is 5. The number of anilines is 1. The Labute approximate surface area is 166 Å². The minimum atomic E-state index is -0.359. The molecule has 4 rings (SSSR count). The molecule has 0 aliphatic rings. The SMILES string of the molecule is CCc1nnc2c(=O)n(CC(=O)Nc3cc(C)ccc3OC)c3ccccc3n12. The van der Waals surface area contributed by atoms with Gasteiger partial charge in [0.05, 0.1) is 23.8 Å². The van der Waals surface area contributed by atoms with Crippen LogP contribution in [-0.2, 0) is 17.8 Å². The number of carbonyl (C=O) groups excluding carboxylic acids is 1. The molecule has 2 aromatic heterocycles. The van der Waals surface area contributed by atoms with Gasteiger partial charge in [-0.05, 0) is 36.8 Å². The predicted octanol–water partition coefficient (Wildman–Crippen LogP) is 2.56. The van der Waals surface area contributed by atoms with Crippen LogP contribution in [0.1, 0.15) is 18.3 Å². The van der Waals surface area contributed by atoms with E-state index in [0.29, 0.717) is 29.2 Å². The first-order valence-electron chi connectivity index (χ1n) is 9.33. The van der Waals surface area contributed by atoms with Gasteiger partial charge in [0.15, 0.2) is 0 Å². The van der Waals surface area contributed by atoms with Crippen molar-refractivity contribution in [3.8, 4) is 5.75 Å². The lowest BCUT2D eigenvalue weighted by atomic mass is 10.2. The maximum absolute atomic E-state index is 13.1. The Kier molecular flexibility index (Phi) is 4.75. The molecular weight excluding hydrogens is 370 g/mol. The number of hydrogen-bond acceptors (Lipinski definition) is 5. The first-order valence-corrected chi connectivity index (χ1v) is 9.33. The molecule has 0 radical (unpaired) electrons. The lowest BCUT2D eigenvalue weighted by molar-refractivity contribution is -0.116. The number of aromatic nitrogens is 4. The molecule has 8 nitrogen and oxygen atoms in total. The molecular formula is C21H21N5O3. The molecule has 4 aromatic rings. The van der Waals surface area contributed by atoms with E-state index in [1.54, 1.807) is 17.6 Å². The Morgan fingerprint density at radius 2 is 1.90 bits per heavy atom. The van der Waals surface area contributed by atoms with Crippen LogP contribution in [0.3, 0.4) is 0 Å². The van der Waals surface area contributed by atoms with Gasteiger partial charge in [0.2, 0.25) is 11.6 Å². The average Bonchev–Trinajstić information content (AvgIpc) is 3.16. The summed E-state index contributed by atoms with van der Waals surface area (Å²) in [6.45, 7) is 3.73. The monoisotopic (exact) mass is 391 g/mol. The van der Waals surface area contributed by atoms with Crippen molar-refractivity contribution in [2.45, 2.75) is 26.8 Å². The number of aryl methyl sites for hydroxylation is 2. The van der Waals surface area contributed by atoms with E-state index in [4.69, 9.17) is 4.74 Å². The molecule has 2 aromatic carbocycles. The molecule has 1 N–H and O–H groups in total. The number of ether oxygens (including phenoxy) is 1. The molecule has 2 heterocycles. The zero-order chi connectivity index (χ0) is 20.5. The summed E-state index contributed by atoms with van der Waals surface area (Å²) in [6, 6.07) is 12.9. The molecule has 0 spiro atoms. The molecule has 0 fully saturated rings. The summed E-state index contributed by atoms with van der Waals surface area (Å²) >= 11 is 0. The maximum atomic E-state index is 13.1. The molecule has 1 amide bonds. The number of fused-ring (bicyclic) bond motifs is 3. The fraction of sp³-hybridized carbons (Fsp3) is 0.238. The Morgan fingerprint density at radius 3 is 2.62 bits per heavy atom. The molecule has 0 aliphatic heterocycles. The Balaban J connectivity index is 1.78. The molecule has 0 unspecified atom stereocenters. The quantitative estimate of drug-likeness (QED) is 0.565. The minimum absolute atomic E-state index is 0.152. The van der Waals surface area contributed by atoms with E-state index in [1.807, 2.05) is 50.2 Å². The maximum Gasteiger partial charge on any atom is 0.297 e. The van der Waals surface area contributed by atoms with E-state index in [-0.39, 0.29) is 23.7 Å². The van der Waals surface area contributed by atoms with Gasteiger partial charge in [0, 0.05) is 6.42 Å². The normalized spacial score (nSPS) is 11.1. The topological polar surface area (TPSA) is 90.5 Å². The van der Waals surface area contributed by atoms with Gasteiger partial charge >= 0.3 is 0 Å². The molecule has 29 heavy (non-hydrogen) atoms.